The van der Waals surface area contributed by atoms with E-state index in [0.717, 1.165) is 12.8 Å². The molecule has 0 atom stereocenters. The zero-order valence-electron chi connectivity index (χ0n) is 8.68. The predicted octanol–water partition coefficient (Wildman–Crippen LogP) is 3.37. The molecule has 0 amide bonds. The Kier molecular flexibility index (Phi) is 9.02. The molecule has 1 nitrogen and oxygen atoms in total. The average Bonchev–Trinajstić information content (AvgIpc) is 2.64. The van der Waals surface area contributed by atoms with E-state index < -0.39 is 0 Å². The molecule has 0 saturated heterocycles. The zero-order valence-corrected chi connectivity index (χ0v) is 8.68. The fourth-order valence-corrected chi connectivity index (χ4v) is 1.43. The molecule has 0 spiro atoms. The van der Waals surface area contributed by atoms with Crippen LogP contribution in [0.25, 0.3) is 0 Å². The molecule has 0 bridgehead atoms. The number of aliphatic hydroxyl groups is 1. The van der Waals surface area contributed by atoms with Gasteiger partial charge < -0.3 is 5.11 Å². The van der Waals surface area contributed by atoms with Gasteiger partial charge in [-0.2, -0.15) is 0 Å². The molecular formula is C11H24O. The van der Waals surface area contributed by atoms with Crippen molar-refractivity contribution < 1.29 is 5.11 Å². The Balaban J connectivity index is 0.000000211. The maximum atomic E-state index is 8.53. The van der Waals surface area contributed by atoms with Crippen LogP contribution in [0.4, 0.5) is 0 Å². The first-order chi connectivity index (χ1) is 5.85. The molecule has 0 aliphatic heterocycles. The van der Waals surface area contributed by atoms with Crippen molar-refractivity contribution in [2.45, 2.75) is 58.8 Å². The van der Waals surface area contributed by atoms with Crippen LogP contribution in [-0.2, 0) is 0 Å². The highest BCUT2D eigenvalue weighted by atomic mass is 16.3. The minimum Gasteiger partial charge on any atom is -0.396 e. The lowest BCUT2D eigenvalue weighted by molar-refractivity contribution is 0.219. The highest BCUT2D eigenvalue weighted by Gasteiger charge is 1.97. The van der Waals surface area contributed by atoms with Crippen LogP contribution in [-0.4, -0.2) is 11.7 Å². The summed E-state index contributed by atoms with van der Waals surface area (Å²) >= 11 is 0. The molecule has 1 saturated carbocycles. The van der Waals surface area contributed by atoms with Crippen LogP contribution in [0.15, 0.2) is 0 Å². The molecule has 1 rings (SSSR count). The smallest absolute Gasteiger partial charge is 0.0459 e. The number of rotatable bonds is 3. The molecule has 0 radical (unpaired) electrons. The quantitative estimate of drug-likeness (QED) is 0.692. The summed E-state index contributed by atoms with van der Waals surface area (Å²) in [5.74, 6) is 0.542. The highest BCUT2D eigenvalue weighted by Crippen LogP contribution is 2.15. The number of hydrogen-bond acceptors (Lipinski definition) is 1. The Morgan fingerprint density at radius 2 is 1.25 bits per heavy atom. The van der Waals surface area contributed by atoms with Crippen molar-refractivity contribution in [3.05, 3.63) is 0 Å². The summed E-state index contributed by atoms with van der Waals surface area (Å²) in [5.41, 5.74) is 0. The molecule has 12 heavy (non-hydrogen) atoms. The Bertz CT molecular complexity index is 60.0. The van der Waals surface area contributed by atoms with E-state index in [4.69, 9.17) is 5.11 Å². The Morgan fingerprint density at radius 3 is 1.33 bits per heavy atom. The second-order valence-electron chi connectivity index (χ2n) is 3.63. The van der Waals surface area contributed by atoms with Crippen molar-refractivity contribution in [1.29, 1.82) is 0 Å². The molecule has 1 heteroatoms. The van der Waals surface area contributed by atoms with Crippen LogP contribution in [0.5, 0.6) is 0 Å². The van der Waals surface area contributed by atoms with E-state index >= 15 is 0 Å². The fourth-order valence-electron chi connectivity index (χ4n) is 1.43. The van der Waals surface area contributed by atoms with Crippen molar-refractivity contribution in [2.24, 2.45) is 5.92 Å². The van der Waals surface area contributed by atoms with Crippen molar-refractivity contribution in [1.82, 2.24) is 0 Å². The molecule has 0 unspecified atom stereocenters. The molecule has 1 N–H and O–H groups in total. The van der Waals surface area contributed by atoms with E-state index in [1.807, 2.05) is 0 Å². The fraction of sp³-hybridized carbons (Fsp3) is 1.00. The zero-order chi connectivity index (χ0) is 9.23. The van der Waals surface area contributed by atoms with Crippen LogP contribution in [0.2, 0.25) is 0 Å². The van der Waals surface area contributed by atoms with Gasteiger partial charge in [-0.3, -0.25) is 0 Å². The van der Waals surface area contributed by atoms with Crippen molar-refractivity contribution in [2.75, 3.05) is 6.61 Å². The first kappa shape index (κ1) is 12.0. The summed E-state index contributed by atoms with van der Waals surface area (Å²) < 4.78 is 0. The lowest BCUT2D eigenvalue weighted by Gasteiger charge is -2.04. The van der Waals surface area contributed by atoms with E-state index in [9.17, 15) is 0 Å². The topological polar surface area (TPSA) is 20.2 Å². The van der Waals surface area contributed by atoms with Crippen LogP contribution < -0.4 is 0 Å². The summed E-state index contributed by atoms with van der Waals surface area (Å²) in [7, 11) is 0. The van der Waals surface area contributed by atoms with Gasteiger partial charge in [0.25, 0.3) is 0 Å². The number of aliphatic hydroxyl groups excluding tert-OH is 1. The number of hydrogen-bond donors (Lipinski definition) is 1. The summed E-state index contributed by atoms with van der Waals surface area (Å²) in [6.45, 7) is 4.56. The molecule has 0 aromatic heterocycles. The molecule has 1 aliphatic carbocycles. The highest BCUT2D eigenvalue weighted by molar-refractivity contribution is 4.51. The lowest BCUT2D eigenvalue weighted by atomic mass is 10.1. The first-order valence-electron chi connectivity index (χ1n) is 5.46. The van der Waals surface area contributed by atoms with E-state index in [0.29, 0.717) is 12.5 Å². The van der Waals surface area contributed by atoms with Crippen LogP contribution >= 0.6 is 0 Å². The predicted molar refractivity (Wildman–Crippen MR) is 54.2 cm³/mol. The third-order valence-corrected chi connectivity index (χ3v) is 2.66. The van der Waals surface area contributed by atoms with Gasteiger partial charge in [0.2, 0.25) is 0 Å². The largest absolute Gasteiger partial charge is 0.396 e. The van der Waals surface area contributed by atoms with Gasteiger partial charge in [0.1, 0.15) is 0 Å². The summed E-state index contributed by atoms with van der Waals surface area (Å²) in [4.78, 5) is 0. The van der Waals surface area contributed by atoms with E-state index in [2.05, 4.69) is 13.8 Å². The van der Waals surface area contributed by atoms with Gasteiger partial charge in [0.15, 0.2) is 0 Å². The SMILES string of the molecule is C1CCCC1.CCC(CC)CO. The summed E-state index contributed by atoms with van der Waals surface area (Å²) in [6.07, 6.45) is 9.71. The monoisotopic (exact) mass is 172 g/mol. The molecule has 0 aromatic rings. The van der Waals surface area contributed by atoms with Gasteiger partial charge >= 0.3 is 0 Å². The van der Waals surface area contributed by atoms with Gasteiger partial charge in [0, 0.05) is 6.61 Å². The van der Waals surface area contributed by atoms with Gasteiger partial charge in [-0.1, -0.05) is 58.8 Å². The van der Waals surface area contributed by atoms with E-state index in [-0.39, 0.29) is 0 Å². The molecule has 1 aliphatic rings. The third kappa shape index (κ3) is 6.66. The summed E-state index contributed by atoms with van der Waals surface area (Å²) in [5, 5.41) is 8.53. The van der Waals surface area contributed by atoms with Gasteiger partial charge in [-0.25, -0.2) is 0 Å². The Morgan fingerprint density at radius 1 is 0.917 bits per heavy atom. The minimum atomic E-state index is 0.354. The average molecular weight is 172 g/mol. The second-order valence-corrected chi connectivity index (χ2v) is 3.63. The van der Waals surface area contributed by atoms with Gasteiger partial charge in [-0.15, -0.1) is 0 Å². The summed E-state index contributed by atoms with van der Waals surface area (Å²) in [6, 6.07) is 0. The Hall–Kier alpha value is -0.0400. The van der Waals surface area contributed by atoms with Crippen molar-refractivity contribution in [3.8, 4) is 0 Å². The normalized spacial score (nSPS) is 16.0. The van der Waals surface area contributed by atoms with Crippen LogP contribution in [0, 0.1) is 5.92 Å². The van der Waals surface area contributed by atoms with Crippen molar-refractivity contribution in [3.63, 3.8) is 0 Å². The van der Waals surface area contributed by atoms with Crippen molar-refractivity contribution >= 4 is 0 Å². The van der Waals surface area contributed by atoms with Gasteiger partial charge in [-0.05, 0) is 5.92 Å². The van der Waals surface area contributed by atoms with Crippen LogP contribution in [0.3, 0.4) is 0 Å². The standard InChI is InChI=1S/C6H14O.C5H10/c1-3-6(4-2)5-7;1-2-4-5-3-1/h6-7H,3-5H2,1-2H3;1-5H2. The molecule has 1 fully saturated rings. The van der Waals surface area contributed by atoms with Gasteiger partial charge in [0.05, 0.1) is 0 Å². The maximum absolute atomic E-state index is 8.53. The molecule has 0 aromatic carbocycles. The minimum absolute atomic E-state index is 0.354. The maximum Gasteiger partial charge on any atom is 0.0459 e. The Labute approximate surface area is 77.2 Å². The second kappa shape index (κ2) is 9.05. The van der Waals surface area contributed by atoms with Crippen LogP contribution in [0.1, 0.15) is 58.8 Å². The molecule has 74 valence electrons. The molecule has 0 heterocycles. The first-order valence-corrected chi connectivity index (χ1v) is 5.46. The molecular weight excluding hydrogens is 148 g/mol. The van der Waals surface area contributed by atoms with E-state index in [1.165, 1.54) is 32.1 Å². The third-order valence-electron chi connectivity index (χ3n) is 2.66. The lowest BCUT2D eigenvalue weighted by Crippen LogP contribution is -2.01. The van der Waals surface area contributed by atoms with E-state index in [1.54, 1.807) is 0 Å².